The molecule has 0 saturated carbocycles. The molecule has 8 nitrogen and oxygen atoms in total. The van der Waals surface area contributed by atoms with Crippen molar-refractivity contribution in [3.8, 4) is 0 Å². The van der Waals surface area contributed by atoms with Crippen molar-refractivity contribution < 1.29 is 9.13 Å². The summed E-state index contributed by atoms with van der Waals surface area (Å²) in [5.41, 5.74) is 4.57. The van der Waals surface area contributed by atoms with Crippen LogP contribution in [0.3, 0.4) is 0 Å². The lowest BCUT2D eigenvalue weighted by Gasteiger charge is -2.27. The Hall–Kier alpha value is -4.11. The van der Waals surface area contributed by atoms with Crippen molar-refractivity contribution in [2.45, 2.75) is 0 Å². The molecule has 4 aromatic rings. The highest BCUT2D eigenvalue weighted by Crippen LogP contribution is 2.20. The van der Waals surface area contributed by atoms with Gasteiger partial charge in [-0.3, -0.25) is 0 Å². The van der Waals surface area contributed by atoms with Gasteiger partial charge >= 0.3 is 0 Å². The van der Waals surface area contributed by atoms with Crippen LogP contribution in [0.2, 0.25) is 0 Å². The average Bonchev–Trinajstić information content (AvgIpc) is 2.86. The summed E-state index contributed by atoms with van der Waals surface area (Å²) in [6.07, 6.45) is 1.74. The topological polar surface area (TPSA) is 87.6 Å². The molecule has 0 atom stereocenters. The average molecular weight is 443 g/mol. The summed E-state index contributed by atoms with van der Waals surface area (Å²) in [6, 6.07) is 20.2. The summed E-state index contributed by atoms with van der Waals surface area (Å²) >= 11 is 0. The monoisotopic (exact) mass is 443 g/mol. The van der Waals surface area contributed by atoms with Crippen molar-refractivity contribution in [1.82, 2.24) is 15.0 Å². The fourth-order valence-corrected chi connectivity index (χ4v) is 3.56. The molecule has 1 aliphatic rings. The third-order valence-electron chi connectivity index (χ3n) is 5.21. The Morgan fingerprint density at radius 1 is 0.879 bits per heavy atom. The Bertz CT molecular complexity index is 1270. The second-order valence-corrected chi connectivity index (χ2v) is 7.45. The fraction of sp³-hybridized carbons (Fsp3) is 0.167. The van der Waals surface area contributed by atoms with Crippen molar-refractivity contribution >= 4 is 40.5 Å². The standard InChI is InChI=1S/C24H22FN7O/c25-19-8-10-20(11-9-19)27-22-28-23(30-24(29-22)32-12-14-33-15-13-32)31-26-16-18-6-3-5-17-4-1-2-7-21(17)18/h1-11,16H,12-15H2,(H2,27,28,29,30,31). The van der Waals surface area contributed by atoms with Gasteiger partial charge in [-0.05, 0) is 35.0 Å². The van der Waals surface area contributed by atoms with Crippen LogP contribution in [0.25, 0.3) is 10.8 Å². The van der Waals surface area contributed by atoms with Gasteiger partial charge in [0.15, 0.2) is 0 Å². The number of fused-ring (bicyclic) bond motifs is 1. The van der Waals surface area contributed by atoms with Crippen LogP contribution in [-0.4, -0.2) is 47.5 Å². The molecular formula is C24H22FN7O. The highest BCUT2D eigenvalue weighted by Gasteiger charge is 2.16. The molecule has 5 rings (SSSR count). The Balaban J connectivity index is 1.41. The number of ether oxygens (including phenoxy) is 1. The quantitative estimate of drug-likeness (QED) is 0.341. The zero-order valence-corrected chi connectivity index (χ0v) is 17.8. The number of rotatable bonds is 6. The zero-order valence-electron chi connectivity index (χ0n) is 17.8. The van der Waals surface area contributed by atoms with Gasteiger partial charge in [-0.1, -0.05) is 42.5 Å². The van der Waals surface area contributed by atoms with E-state index in [1.807, 2.05) is 29.2 Å². The molecule has 166 valence electrons. The molecule has 1 fully saturated rings. The highest BCUT2D eigenvalue weighted by molar-refractivity contribution is 5.99. The number of nitrogens with zero attached hydrogens (tertiary/aromatic N) is 5. The van der Waals surface area contributed by atoms with Crippen LogP contribution >= 0.6 is 0 Å². The molecular weight excluding hydrogens is 421 g/mol. The van der Waals surface area contributed by atoms with Crippen LogP contribution in [0.4, 0.5) is 27.9 Å². The molecule has 1 aliphatic heterocycles. The Morgan fingerprint density at radius 3 is 2.48 bits per heavy atom. The van der Waals surface area contributed by atoms with Crippen LogP contribution in [0.5, 0.6) is 0 Å². The van der Waals surface area contributed by atoms with E-state index in [9.17, 15) is 4.39 Å². The molecule has 1 aromatic heterocycles. The second-order valence-electron chi connectivity index (χ2n) is 7.45. The number of hydrogen-bond donors (Lipinski definition) is 2. The third kappa shape index (κ3) is 5.04. The minimum absolute atomic E-state index is 0.299. The predicted octanol–water partition coefficient (Wildman–Crippen LogP) is 4.19. The van der Waals surface area contributed by atoms with Gasteiger partial charge < -0.3 is 15.0 Å². The molecule has 1 saturated heterocycles. The van der Waals surface area contributed by atoms with Gasteiger partial charge in [0.1, 0.15) is 5.82 Å². The number of hydrogen-bond acceptors (Lipinski definition) is 8. The van der Waals surface area contributed by atoms with Crippen molar-refractivity contribution in [3.05, 3.63) is 78.1 Å². The summed E-state index contributed by atoms with van der Waals surface area (Å²) < 4.78 is 18.7. The van der Waals surface area contributed by atoms with Gasteiger partial charge in [-0.15, -0.1) is 0 Å². The lowest BCUT2D eigenvalue weighted by molar-refractivity contribution is 0.122. The molecule has 0 bridgehead atoms. The normalized spacial score (nSPS) is 14.0. The van der Waals surface area contributed by atoms with E-state index in [0.717, 1.165) is 16.3 Å². The number of anilines is 4. The van der Waals surface area contributed by atoms with Crippen molar-refractivity contribution in [1.29, 1.82) is 0 Å². The second kappa shape index (κ2) is 9.58. The van der Waals surface area contributed by atoms with E-state index >= 15 is 0 Å². The Morgan fingerprint density at radius 2 is 1.64 bits per heavy atom. The maximum Gasteiger partial charge on any atom is 0.250 e. The van der Waals surface area contributed by atoms with Crippen molar-refractivity contribution in [2.24, 2.45) is 5.10 Å². The first-order valence-electron chi connectivity index (χ1n) is 10.6. The third-order valence-corrected chi connectivity index (χ3v) is 5.21. The molecule has 3 aromatic carbocycles. The zero-order chi connectivity index (χ0) is 22.5. The van der Waals surface area contributed by atoms with Gasteiger partial charge in [0, 0.05) is 24.3 Å². The first-order chi connectivity index (χ1) is 16.2. The molecule has 33 heavy (non-hydrogen) atoms. The first-order valence-corrected chi connectivity index (χ1v) is 10.6. The molecule has 9 heteroatoms. The highest BCUT2D eigenvalue weighted by atomic mass is 19.1. The summed E-state index contributed by atoms with van der Waals surface area (Å²) in [7, 11) is 0. The molecule has 0 unspecified atom stereocenters. The van der Waals surface area contributed by atoms with Crippen LogP contribution in [0, 0.1) is 5.82 Å². The van der Waals surface area contributed by atoms with Crippen LogP contribution < -0.4 is 15.6 Å². The molecule has 0 spiro atoms. The fourth-order valence-electron chi connectivity index (χ4n) is 3.56. The summed E-state index contributed by atoms with van der Waals surface area (Å²) in [4.78, 5) is 15.5. The summed E-state index contributed by atoms with van der Waals surface area (Å²) in [5, 5.41) is 9.71. The smallest absolute Gasteiger partial charge is 0.250 e. The molecule has 2 heterocycles. The van der Waals surface area contributed by atoms with E-state index in [0.29, 0.717) is 49.8 Å². The van der Waals surface area contributed by atoms with E-state index in [4.69, 9.17) is 4.74 Å². The van der Waals surface area contributed by atoms with E-state index in [-0.39, 0.29) is 5.82 Å². The Kier molecular flexibility index (Phi) is 6.03. The van der Waals surface area contributed by atoms with E-state index < -0.39 is 0 Å². The number of aromatic nitrogens is 3. The van der Waals surface area contributed by atoms with Gasteiger partial charge in [0.25, 0.3) is 0 Å². The predicted molar refractivity (Wildman–Crippen MR) is 128 cm³/mol. The SMILES string of the molecule is Fc1ccc(Nc2nc(NN=Cc3cccc4ccccc34)nc(N3CCOCC3)n2)cc1. The number of nitrogens with one attached hydrogen (secondary N) is 2. The lowest BCUT2D eigenvalue weighted by Crippen LogP contribution is -2.37. The maximum atomic E-state index is 13.3. The molecule has 0 aliphatic carbocycles. The number of benzene rings is 3. The largest absolute Gasteiger partial charge is 0.378 e. The van der Waals surface area contributed by atoms with Crippen LogP contribution in [0.15, 0.2) is 71.8 Å². The van der Waals surface area contributed by atoms with E-state index in [2.05, 4.69) is 49.0 Å². The van der Waals surface area contributed by atoms with Crippen LogP contribution in [0.1, 0.15) is 5.56 Å². The molecule has 2 N–H and O–H groups in total. The van der Waals surface area contributed by atoms with Gasteiger partial charge in [0.2, 0.25) is 17.8 Å². The minimum atomic E-state index is -0.310. The van der Waals surface area contributed by atoms with E-state index in [1.165, 1.54) is 12.1 Å². The lowest BCUT2D eigenvalue weighted by atomic mass is 10.1. The Labute approximate surface area is 190 Å². The summed E-state index contributed by atoms with van der Waals surface area (Å²) in [6.45, 7) is 2.57. The van der Waals surface area contributed by atoms with Gasteiger partial charge in [-0.2, -0.15) is 20.1 Å². The number of morpholine rings is 1. The minimum Gasteiger partial charge on any atom is -0.378 e. The molecule has 0 amide bonds. The molecule has 0 radical (unpaired) electrons. The maximum absolute atomic E-state index is 13.3. The summed E-state index contributed by atoms with van der Waals surface area (Å²) in [5.74, 6) is 0.838. The number of hydrazone groups is 1. The first kappa shape index (κ1) is 20.8. The van der Waals surface area contributed by atoms with Gasteiger partial charge in [-0.25, -0.2) is 9.82 Å². The number of halogens is 1. The van der Waals surface area contributed by atoms with Gasteiger partial charge in [0.05, 0.1) is 19.4 Å². The van der Waals surface area contributed by atoms with E-state index in [1.54, 1.807) is 18.3 Å². The van der Waals surface area contributed by atoms with Crippen molar-refractivity contribution in [3.63, 3.8) is 0 Å². The van der Waals surface area contributed by atoms with Crippen molar-refractivity contribution in [2.75, 3.05) is 41.9 Å². The van der Waals surface area contributed by atoms with Crippen LogP contribution in [-0.2, 0) is 4.74 Å².